The molecule has 3 nitrogen and oxygen atoms in total. The van der Waals surface area contributed by atoms with E-state index in [1.54, 1.807) is 12.1 Å². The number of aromatic carboxylic acids is 1. The molecule has 0 atom stereocenters. The smallest absolute Gasteiger partial charge is 0.336 e. The highest BCUT2D eigenvalue weighted by molar-refractivity contribution is 6.03. The molecule has 0 fully saturated rings. The fourth-order valence-electron chi connectivity index (χ4n) is 2.41. The Labute approximate surface area is 128 Å². The van der Waals surface area contributed by atoms with E-state index in [1.807, 2.05) is 61.5 Å². The molecule has 108 valence electrons. The number of nitrogens with zero attached hydrogens (tertiary/aromatic N) is 1. The normalized spacial score (nSPS) is 11.1. The predicted molar refractivity (Wildman–Crippen MR) is 88.8 cm³/mol. The van der Waals surface area contributed by atoms with Crippen LogP contribution in [0.3, 0.4) is 0 Å². The zero-order valence-corrected chi connectivity index (χ0v) is 12.2. The summed E-state index contributed by atoms with van der Waals surface area (Å²) in [5.74, 6) is -0.941. The van der Waals surface area contributed by atoms with E-state index in [2.05, 4.69) is 4.98 Å². The van der Waals surface area contributed by atoms with Gasteiger partial charge in [0.25, 0.3) is 0 Å². The van der Waals surface area contributed by atoms with E-state index in [-0.39, 0.29) is 5.56 Å². The fourth-order valence-corrected chi connectivity index (χ4v) is 2.41. The molecule has 0 aliphatic carbocycles. The molecule has 1 aromatic heterocycles. The van der Waals surface area contributed by atoms with Crippen molar-refractivity contribution in [2.75, 3.05) is 0 Å². The molecular formula is C19H15NO2. The lowest BCUT2D eigenvalue weighted by atomic mass is 10.1. The largest absolute Gasteiger partial charge is 0.478 e. The quantitative estimate of drug-likeness (QED) is 0.777. The Balaban J connectivity index is 2.08. The van der Waals surface area contributed by atoms with Gasteiger partial charge in [-0.25, -0.2) is 9.78 Å². The monoisotopic (exact) mass is 289 g/mol. The lowest BCUT2D eigenvalue weighted by Crippen LogP contribution is -2.00. The minimum Gasteiger partial charge on any atom is -0.478 e. The Morgan fingerprint density at radius 2 is 1.77 bits per heavy atom. The molecule has 0 aliphatic rings. The van der Waals surface area contributed by atoms with Crippen molar-refractivity contribution in [3.8, 4) is 0 Å². The van der Waals surface area contributed by atoms with E-state index in [0.717, 1.165) is 11.1 Å². The summed E-state index contributed by atoms with van der Waals surface area (Å²) in [6, 6.07) is 16.9. The predicted octanol–water partition coefficient (Wildman–Crippen LogP) is 4.41. The number of rotatable bonds is 3. The molecule has 1 N–H and O–H groups in total. The van der Waals surface area contributed by atoms with Gasteiger partial charge in [0.05, 0.1) is 16.8 Å². The second-order valence-corrected chi connectivity index (χ2v) is 5.11. The highest BCUT2D eigenvalue weighted by atomic mass is 16.4. The molecule has 0 aliphatic heterocycles. The van der Waals surface area contributed by atoms with Gasteiger partial charge in [0, 0.05) is 5.39 Å². The maximum Gasteiger partial charge on any atom is 0.336 e. The first kappa shape index (κ1) is 14.0. The highest BCUT2D eigenvalue weighted by Gasteiger charge is 2.10. The Kier molecular flexibility index (Phi) is 3.71. The summed E-state index contributed by atoms with van der Waals surface area (Å²) >= 11 is 0. The number of carboxylic acid groups (broad SMARTS) is 1. The van der Waals surface area contributed by atoms with Crippen LogP contribution in [-0.4, -0.2) is 16.1 Å². The molecule has 3 rings (SSSR count). The third kappa shape index (κ3) is 2.74. The van der Waals surface area contributed by atoms with E-state index in [0.29, 0.717) is 16.6 Å². The fraction of sp³-hybridized carbons (Fsp3) is 0.0526. The van der Waals surface area contributed by atoms with Crippen LogP contribution in [-0.2, 0) is 0 Å². The molecule has 3 heteroatoms. The standard InChI is InChI=1S/C19H15NO2/c1-13-6-2-3-7-14(13)10-11-15-12-17(19(21)22)16-8-4-5-9-18(16)20-15/h2-12H,1H3,(H,21,22)/b11-10+. The number of aromatic nitrogens is 1. The summed E-state index contributed by atoms with van der Waals surface area (Å²) in [7, 11) is 0. The van der Waals surface area contributed by atoms with E-state index in [9.17, 15) is 9.90 Å². The summed E-state index contributed by atoms with van der Waals surface area (Å²) in [4.78, 5) is 16.0. The summed E-state index contributed by atoms with van der Waals surface area (Å²) in [6.07, 6.45) is 3.80. The van der Waals surface area contributed by atoms with Gasteiger partial charge in [-0.1, -0.05) is 48.5 Å². The molecule has 0 saturated heterocycles. The second kappa shape index (κ2) is 5.82. The minimum absolute atomic E-state index is 0.273. The van der Waals surface area contributed by atoms with E-state index in [4.69, 9.17) is 0 Å². The van der Waals surface area contributed by atoms with Gasteiger partial charge in [-0.2, -0.15) is 0 Å². The van der Waals surface area contributed by atoms with Crippen LogP contribution in [0.5, 0.6) is 0 Å². The number of aryl methyl sites for hydroxylation is 1. The van der Waals surface area contributed by atoms with Gasteiger partial charge in [0.1, 0.15) is 0 Å². The van der Waals surface area contributed by atoms with Crippen LogP contribution >= 0.6 is 0 Å². The Bertz CT molecular complexity index is 881. The minimum atomic E-state index is -0.941. The lowest BCUT2D eigenvalue weighted by Gasteiger charge is -2.04. The topological polar surface area (TPSA) is 50.2 Å². The lowest BCUT2D eigenvalue weighted by molar-refractivity contribution is 0.0699. The molecule has 0 spiro atoms. The summed E-state index contributed by atoms with van der Waals surface area (Å²) in [5, 5.41) is 10.0. The van der Waals surface area contributed by atoms with Gasteiger partial charge >= 0.3 is 5.97 Å². The highest BCUT2D eigenvalue weighted by Crippen LogP contribution is 2.20. The summed E-state index contributed by atoms with van der Waals surface area (Å²) in [5.41, 5.74) is 3.86. The molecule has 0 bridgehead atoms. The van der Waals surface area contributed by atoms with Gasteiger partial charge in [-0.3, -0.25) is 0 Å². The molecule has 22 heavy (non-hydrogen) atoms. The number of hydrogen-bond donors (Lipinski definition) is 1. The second-order valence-electron chi connectivity index (χ2n) is 5.11. The van der Waals surface area contributed by atoms with E-state index < -0.39 is 5.97 Å². The summed E-state index contributed by atoms with van der Waals surface area (Å²) in [6.45, 7) is 2.04. The first-order valence-corrected chi connectivity index (χ1v) is 7.02. The third-order valence-electron chi connectivity index (χ3n) is 3.59. The van der Waals surface area contributed by atoms with Crippen molar-refractivity contribution in [1.29, 1.82) is 0 Å². The Hall–Kier alpha value is -2.94. The van der Waals surface area contributed by atoms with Crippen molar-refractivity contribution in [3.63, 3.8) is 0 Å². The van der Waals surface area contributed by atoms with Crippen molar-refractivity contribution in [1.82, 2.24) is 4.98 Å². The molecule has 0 amide bonds. The van der Waals surface area contributed by atoms with Crippen molar-refractivity contribution >= 4 is 29.0 Å². The van der Waals surface area contributed by atoms with E-state index >= 15 is 0 Å². The van der Waals surface area contributed by atoms with Gasteiger partial charge < -0.3 is 5.11 Å². The van der Waals surface area contributed by atoms with Crippen LogP contribution in [0.15, 0.2) is 54.6 Å². The van der Waals surface area contributed by atoms with Crippen molar-refractivity contribution in [2.45, 2.75) is 6.92 Å². The average Bonchev–Trinajstić information content (AvgIpc) is 2.53. The van der Waals surface area contributed by atoms with Crippen LogP contribution in [0.25, 0.3) is 23.1 Å². The zero-order chi connectivity index (χ0) is 15.5. The van der Waals surface area contributed by atoms with Crippen molar-refractivity contribution < 1.29 is 9.90 Å². The van der Waals surface area contributed by atoms with Gasteiger partial charge in [-0.05, 0) is 36.3 Å². The van der Waals surface area contributed by atoms with Gasteiger partial charge in [0.15, 0.2) is 0 Å². The Morgan fingerprint density at radius 3 is 2.55 bits per heavy atom. The maximum atomic E-state index is 11.4. The molecule has 1 heterocycles. The number of pyridine rings is 1. The number of para-hydroxylation sites is 1. The number of carbonyl (C=O) groups is 1. The Morgan fingerprint density at radius 1 is 1.05 bits per heavy atom. The SMILES string of the molecule is Cc1ccccc1/C=C/c1cc(C(=O)O)c2ccccc2n1. The average molecular weight is 289 g/mol. The first-order chi connectivity index (χ1) is 10.6. The van der Waals surface area contributed by atoms with Crippen molar-refractivity contribution in [2.24, 2.45) is 0 Å². The molecule has 0 radical (unpaired) electrons. The molecular weight excluding hydrogens is 274 g/mol. The van der Waals surface area contributed by atoms with Crippen LogP contribution in [0.2, 0.25) is 0 Å². The van der Waals surface area contributed by atoms with Gasteiger partial charge in [-0.15, -0.1) is 0 Å². The molecule has 0 unspecified atom stereocenters. The molecule has 0 saturated carbocycles. The molecule has 3 aromatic rings. The number of carboxylic acids is 1. The number of hydrogen-bond acceptors (Lipinski definition) is 2. The van der Waals surface area contributed by atoms with Crippen LogP contribution in [0, 0.1) is 6.92 Å². The maximum absolute atomic E-state index is 11.4. The van der Waals surface area contributed by atoms with Crippen LogP contribution in [0.1, 0.15) is 27.2 Å². The van der Waals surface area contributed by atoms with Crippen LogP contribution < -0.4 is 0 Å². The van der Waals surface area contributed by atoms with E-state index in [1.165, 1.54) is 0 Å². The molecule has 2 aromatic carbocycles. The number of fused-ring (bicyclic) bond motifs is 1. The first-order valence-electron chi connectivity index (χ1n) is 7.02. The van der Waals surface area contributed by atoms with Gasteiger partial charge in [0.2, 0.25) is 0 Å². The summed E-state index contributed by atoms with van der Waals surface area (Å²) < 4.78 is 0. The zero-order valence-electron chi connectivity index (χ0n) is 12.2. The van der Waals surface area contributed by atoms with Crippen molar-refractivity contribution in [3.05, 3.63) is 77.0 Å². The third-order valence-corrected chi connectivity index (χ3v) is 3.59. The number of benzene rings is 2. The van der Waals surface area contributed by atoms with Crippen LogP contribution in [0.4, 0.5) is 0 Å².